The van der Waals surface area contributed by atoms with Gasteiger partial charge in [0.15, 0.2) is 0 Å². The average molecular weight is 413 g/mol. The lowest BCUT2D eigenvalue weighted by Gasteiger charge is -2.26. The van der Waals surface area contributed by atoms with Crippen molar-refractivity contribution in [2.75, 3.05) is 31.1 Å². The van der Waals surface area contributed by atoms with Gasteiger partial charge in [-0.2, -0.15) is 0 Å². The lowest BCUT2D eigenvalue weighted by molar-refractivity contribution is -0.126. The van der Waals surface area contributed by atoms with Crippen LogP contribution in [0.5, 0.6) is 0 Å². The maximum absolute atomic E-state index is 14.2. The van der Waals surface area contributed by atoms with Crippen molar-refractivity contribution >= 4 is 18.3 Å². The topological polar surface area (TPSA) is 47.9 Å². The fourth-order valence-electron chi connectivity index (χ4n) is 3.95. The highest BCUT2D eigenvalue weighted by Crippen LogP contribution is 2.36. The maximum Gasteiger partial charge on any atom is 0.254 e. The predicted molar refractivity (Wildman–Crippen MR) is 121 cm³/mol. The van der Waals surface area contributed by atoms with Gasteiger partial charge in [0.2, 0.25) is 0 Å². The summed E-state index contributed by atoms with van der Waals surface area (Å²) in [5.74, 6) is 0.469. The Kier molecular flexibility index (Phi) is 6.64. The highest BCUT2D eigenvalue weighted by atomic mass is 19.1. The Hall–Kier alpha value is -2.63. The lowest BCUT2D eigenvalue weighted by Crippen LogP contribution is -2.37. The number of hydrogen-bond donors (Lipinski definition) is 1. The Morgan fingerprint density at radius 1 is 1.13 bits per heavy atom. The van der Waals surface area contributed by atoms with Crippen molar-refractivity contribution in [2.24, 2.45) is 4.99 Å². The number of amides is 1. The third kappa shape index (κ3) is 4.91. The molecule has 1 amide bonds. The Bertz CT molecular complexity index is 881. The van der Waals surface area contributed by atoms with E-state index in [9.17, 15) is 9.18 Å². The molecule has 1 aliphatic heterocycles. The van der Waals surface area contributed by atoms with Gasteiger partial charge in [0, 0.05) is 42.9 Å². The molecule has 30 heavy (non-hydrogen) atoms. The van der Waals surface area contributed by atoms with Crippen LogP contribution in [-0.2, 0) is 4.79 Å². The van der Waals surface area contributed by atoms with Crippen LogP contribution in [0.3, 0.4) is 0 Å². The molecule has 0 unspecified atom stereocenters. The molecule has 162 valence electrons. The van der Waals surface area contributed by atoms with Gasteiger partial charge in [-0.25, -0.2) is 9.38 Å². The van der Waals surface area contributed by atoms with Crippen LogP contribution in [0.2, 0.25) is 0 Å². The average Bonchev–Trinajstić information content (AvgIpc) is 3.48. The zero-order valence-electron chi connectivity index (χ0n) is 18.6. The molecule has 2 fully saturated rings. The summed E-state index contributed by atoms with van der Waals surface area (Å²) < 4.78 is 14.2. The number of anilines is 1. The summed E-state index contributed by atoms with van der Waals surface area (Å²) in [7, 11) is 0. The summed E-state index contributed by atoms with van der Waals surface area (Å²) in [5, 5.41) is 3.45. The quantitative estimate of drug-likeness (QED) is 0.431. The number of nitrogens with one attached hydrogen (secondary N) is 1. The van der Waals surface area contributed by atoms with Gasteiger partial charge < -0.3 is 15.1 Å². The van der Waals surface area contributed by atoms with E-state index in [1.165, 1.54) is 6.07 Å². The number of benzene rings is 1. The number of rotatable bonds is 6. The first-order chi connectivity index (χ1) is 14.3. The van der Waals surface area contributed by atoms with Crippen LogP contribution in [0.15, 0.2) is 51.8 Å². The third-order valence-corrected chi connectivity index (χ3v) is 6.00. The highest BCUT2D eigenvalue weighted by Gasteiger charge is 2.38. The standard InChI is InChI=1S/C24H33FN4O/c1-17(2)21(18(3)22(26-5)27-24(4)11-12-24)23(30)29-14-8-13-28(15-16-29)20-10-7-6-9-19(20)25/h6-7,9-10,27H,5,8,11-16H2,1-4H3/b22-18-. The second kappa shape index (κ2) is 9.02. The van der Waals surface area contributed by atoms with Gasteiger partial charge in [0.1, 0.15) is 11.6 Å². The second-order valence-electron chi connectivity index (χ2n) is 8.78. The van der Waals surface area contributed by atoms with Gasteiger partial charge in [-0.1, -0.05) is 17.7 Å². The smallest absolute Gasteiger partial charge is 0.254 e. The van der Waals surface area contributed by atoms with Crippen LogP contribution in [0, 0.1) is 5.82 Å². The molecule has 0 spiro atoms. The Morgan fingerprint density at radius 3 is 2.43 bits per heavy atom. The summed E-state index contributed by atoms with van der Waals surface area (Å²) >= 11 is 0. The Morgan fingerprint density at radius 2 is 1.83 bits per heavy atom. The van der Waals surface area contributed by atoms with Gasteiger partial charge in [-0.05, 0) is 65.8 Å². The zero-order valence-corrected chi connectivity index (χ0v) is 18.6. The summed E-state index contributed by atoms with van der Waals surface area (Å²) in [6, 6.07) is 6.83. The number of nitrogens with zero attached hydrogens (tertiary/aromatic N) is 3. The first-order valence-electron chi connectivity index (χ1n) is 10.7. The molecule has 1 saturated carbocycles. The SMILES string of the molecule is C=N/C(NC1(C)CC1)=C(\C)C(C(=O)N1CCCN(c2ccccc2F)CC1)=C(C)C. The van der Waals surface area contributed by atoms with E-state index < -0.39 is 0 Å². The number of allylic oxidation sites excluding steroid dienone is 1. The van der Waals surface area contributed by atoms with Crippen molar-refractivity contribution in [3.05, 3.63) is 52.6 Å². The van der Waals surface area contributed by atoms with Crippen molar-refractivity contribution in [1.29, 1.82) is 0 Å². The van der Waals surface area contributed by atoms with Crippen molar-refractivity contribution in [1.82, 2.24) is 10.2 Å². The maximum atomic E-state index is 14.2. The van der Waals surface area contributed by atoms with E-state index in [0.29, 0.717) is 36.7 Å². The molecule has 0 atom stereocenters. The minimum absolute atomic E-state index is 0.00628. The Balaban J connectivity index is 1.78. The number of carbonyl (C=O) groups excluding carboxylic acids is 1. The molecule has 1 aromatic rings. The molecule has 0 bridgehead atoms. The lowest BCUT2D eigenvalue weighted by atomic mass is 10.0. The second-order valence-corrected chi connectivity index (χ2v) is 8.78. The number of carbonyl (C=O) groups is 1. The highest BCUT2D eigenvalue weighted by molar-refractivity contribution is 5.98. The molecule has 1 heterocycles. The largest absolute Gasteiger partial charge is 0.367 e. The normalized spacial score (nSPS) is 18.8. The third-order valence-electron chi connectivity index (χ3n) is 6.00. The van der Waals surface area contributed by atoms with Gasteiger partial charge in [0.05, 0.1) is 5.69 Å². The minimum atomic E-state index is -0.220. The van der Waals surface area contributed by atoms with Crippen molar-refractivity contribution < 1.29 is 9.18 Å². The van der Waals surface area contributed by atoms with Crippen LogP contribution in [-0.4, -0.2) is 49.2 Å². The van der Waals surface area contributed by atoms with E-state index in [1.807, 2.05) is 36.6 Å². The number of hydrogen-bond acceptors (Lipinski definition) is 4. The van der Waals surface area contributed by atoms with Gasteiger partial charge >= 0.3 is 0 Å². The van der Waals surface area contributed by atoms with E-state index in [2.05, 4.69) is 24.0 Å². The van der Waals surface area contributed by atoms with Gasteiger partial charge in [-0.3, -0.25) is 4.79 Å². The predicted octanol–water partition coefficient (Wildman–Crippen LogP) is 4.28. The first-order valence-corrected chi connectivity index (χ1v) is 10.7. The van der Waals surface area contributed by atoms with Crippen LogP contribution < -0.4 is 10.2 Å². The molecular weight excluding hydrogens is 379 g/mol. The number of para-hydroxylation sites is 1. The monoisotopic (exact) mass is 412 g/mol. The Labute approximate surface area is 179 Å². The molecule has 2 aliphatic rings. The van der Waals surface area contributed by atoms with E-state index >= 15 is 0 Å². The summed E-state index contributed by atoms with van der Waals surface area (Å²) in [4.78, 5) is 21.6. The molecule has 1 N–H and O–H groups in total. The molecule has 6 heteroatoms. The molecule has 0 aromatic heterocycles. The van der Waals surface area contributed by atoms with Crippen molar-refractivity contribution in [2.45, 2.75) is 52.5 Å². The van der Waals surface area contributed by atoms with Crippen LogP contribution >= 0.6 is 0 Å². The molecule has 0 radical (unpaired) electrons. The summed E-state index contributed by atoms with van der Waals surface area (Å²) in [6.45, 7) is 14.3. The fourth-order valence-corrected chi connectivity index (χ4v) is 3.95. The van der Waals surface area contributed by atoms with E-state index in [1.54, 1.807) is 12.1 Å². The molecule has 3 rings (SSSR count). The zero-order chi connectivity index (χ0) is 21.9. The van der Waals surface area contributed by atoms with Crippen LogP contribution in [0.4, 0.5) is 10.1 Å². The first kappa shape index (κ1) is 22.1. The van der Waals surface area contributed by atoms with E-state index in [0.717, 1.165) is 37.0 Å². The number of halogens is 1. The van der Waals surface area contributed by atoms with Gasteiger partial charge in [0.25, 0.3) is 5.91 Å². The van der Waals surface area contributed by atoms with Crippen LogP contribution in [0.25, 0.3) is 0 Å². The fraction of sp³-hybridized carbons (Fsp3) is 0.500. The van der Waals surface area contributed by atoms with E-state index in [4.69, 9.17) is 0 Å². The van der Waals surface area contributed by atoms with Crippen LogP contribution in [0.1, 0.15) is 47.0 Å². The van der Waals surface area contributed by atoms with Crippen molar-refractivity contribution in [3.63, 3.8) is 0 Å². The summed E-state index contributed by atoms with van der Waals surface area (Å²) in [5.41, 5.74) is 3.13. The number of aliphatic imine (C=N–C) groups is 1. The molecule has 1 aromatic carbocycles. The summed E-state index contributed by atoms with van der Waals surface area (Å²) in [6.07, 6.45) is 2.98. The minimum Gasteiger partial charge on any atom is -0.367 e. The molecule has 1 aliphatic carbocycles. The van der Waals surface area contributed by atoms with Gasteiger partial charge in [-0.15, -0.1) is 0 Å². The molecular formula is C24H33FN4O. The van der Waals surface area contributed by atoms with Crippen molar-refractivity contribution in [3.8, 4) is 0 Å². The molecule has 5 nitrogen and oxygen atoms in total. The molecule has 1 saturated heterocycles. The van der Waals surface area contributed by atoms with E-state index in [-0.39, 0.29) is 17.3 Å².